The SMILES string of the molecule is C[C@H]1OC(=O)/C(=N/O)[C@@H]1C. The zero-order chi connectivity index (χ0) is 7.72. The standard InChI is InChI=1S/C6H9NO3/c1-3-4(2)10-6(8)5(3)7-9/h3-4,9H,1-2H3/b7-5+/t3-,4-/m1/s1. The Morgan fingerprint density at radius 1 is 1.60 bits per heavy atom. The molecule has 1 aliphatic heterocycles. The van der Waals surface area contributed by atoms with E-state index in [1.807, 2.05) is 0 Å². The number of rotatable bonds is 0. The predicted octanol–water partition coefficient (Wildman–Crippen LogP) is 0.398. The Bertz CT molecular complexity index is 187. The molecule has 1 N–H and O–H groups in total. The lowest BCUT2D eigenvalue weighted by molar-refractivity contribution is -0.136. The van der Waals surface area contributed by atoms with Gasteiger partial charge in [0.25, 0.3) is 0 Å². The molecule has 4 nitrogen and oxygen atoms in total. The fourth-order valence-corrected chi connectivity index (χ4v) is 0.871. The quantitative estimate of drug-likeness (QED) is 0.303. The van der Waals surface area contributed by atoms with Crippen molar-refractivity contribution in [3.63, 3.8) is 0 Å². The van der Waals surface area contributed by atoms with Gasteiger partial charge in [0.15, 0.2) is 5.71 Å². The second kappa shape index (κ2) is 2.28. The second-order valence-electron chi connectivity index (χ2n) is 2.38. The molecule has 0 spiro atoms. The monoisotopic (exact) mass is 143 g/mol. The molecule has 1 fully saturated rings. The van der Waals surface area contributed by atoms with Crippen molar-refractivity contribution in [3.05, 3.63) is 0 Å². The highest BCUT2D eigenvalue weighted by Crippen LogP contribution is 2.18. The van der Waals surface area contributed by atoms with Crippen LogP contribution < -0.4 is 0 Å². The third-order valence-corrected chi connectivity index (χ3v) is 1.75. The minimum Gasteiger partial charge on any atom is -0.457 e. The number of oxime groups is 1. The molecule has 0 unspecified atom stereocenters. The highest BCUT2D eigenvalue weighted by molar-refractivity contribution is 6.38. The van der Waals surface area contributed by atoms with Gasteiger partial charge >= 0.3 is 5.97 Å². The van der Waals surface area contributed by atoms with Gasteiger partial charge in [-0.15, -0.1) is 0 Å². The number of hydrogen-bond acceptors (Lipinski definition) is 4. The van der Waals surface area contributed by atoms with Crippen LogP contribution in [0.1, 0.15) is 13.8 Å². The van der Waals surface area contributed by atoms with Crippen molar-refractivity contribution in [2.75, 3.05) is 0 Å². The Kier molecular flexibility index (Phi) is 1.61. The summed E-state index contributed by atoms with van der Waals surface area (Å²) in [5.41, 5.74) is 0.118. The molecular weight excluding hydrogens is 134 g/mol. The molecule has 0 aromatic rings. The van der Waals surface area contributed by atoms with Crippen LogP contribution >= 0.6 is 0 Å². The molecule has 0 radical (unpaired) electrons. The summed E-state index contributed by atoms with van der Waals surface area (Å²) in [4.78, 5) is 10.7. The highest BCUT2D eigenvalue weighted by Gasteiger charge is 2.35. The fourth-order valence-electron chi connectivity index (χ4n) is 0.871. The van der Waals surface area contributed by atoms with Crippen molar-refractivity contribution in [3.8, 4) is 0 Å². The summed E-state index contributed by atoms with van der Waals surface area (Å²) in [7, 11) is 0. The lowest BCUT2D eigenvalue weighted by atomic mass is 10.0. The van der Waals surface area contributed by atoms with Crippen LogP contribution in [0.2, 0.25) is 0 Å². The summed E-state index contributed by atoms with van der Waals surface area (Å²) < 4.78 is 4.75. The first-order valence-corrected chi connectivity index (χ1v) is 3.09. The van der Waals surface area contributed by atoms with Gasteiger partial charge in [0.1, 0.15) is 6.10 Å². The molecule has 4 heteroatoms. The van der Waals surface area contributed by atoms with Crippen molar-refractivity contribution < 1.29 is 14.7 Å². The highest BCUT2D eigenvalue weighted by atomic mass is 16.6. The van der Waals surface area contributed by atoms with Crippen LogP contribution in [0, 0.1) is 5.92 Å². The molecule has 0 saturated carbocycles. The lowest BCUT2D eigenvalue weighted by Crippen LogP contribution is -2.14. The van der Waals surface area contributed by atoms with E-state index in [2.05, 4.69) is 5.16 Å². The van der Waals surface area contributed by atoms with Gasteiger partial charge in [-0.1, -0.05) is 12.1 Å². The van der Waals surface area contributed by atoms with E-state index in [1.54, 1.807) is 13.8 Å². The van der Waals surface area contributed by atoms with Gasteiger partial charge in [-0.25, -0.2) is 4.79 Å². The van der Waals surface area contributed by atoms with E-state index in [0.29, 0.717) is 0 Å². The van der Waals surface area contributed by atoms with Crippen molar-refractivity contribution in [1.29, 1.82) is 0 Å². The van der Waals surface area contributed by atoms with E-state index in [9.17, 15) is 4.79 Å². The maximum Gasteiger partial charge on any atom is 0.356 e. The molecule has 1 aliphatic rings. The van der Waals surface area contributed by atoms with Gasteiger partial charge in [0, 0.05) is 5.92 Å². The smallest absolute Gasteiger partial charge is 0.356 e. The molecule has 0 aromatic heterocycles. The molecule has 1 saturated heterocycles. The number of esters is 1. The first kappa shape index (κ1) is 7.05. The number of nitrogens with zero attached hydrogens (tertiary/aromatic N) is 1. The summed E-state index contributed by atoms with van der Waals surface area (Å²) in [5, 5.41) is 11.2. The molecule has 56 valence electrons. The molecule has 10 heavy (non-hydrogen) atoms. The van der Waals surface area contributed by atoms with Gasteiger partial charge < -0.3 is 9.94 Å². The van der Waals surface area contributed by atoms with Gasteiger partial charge in [0.05, 0.1) is 0 Å². The Balaban J connectivity index is 2.85. The number of carbonyl (C=O) groups is 1. The summed E-state index contributed by atoms with van der Waals surface area (Å²) in [6.07, 6.45) is -0.168. The van der Waals surface area contributed by atoms with Crippen molar-refractivity contribution >= 4 is 11.7 Å². The summed E-state index contributed by atoms with van der Waals surface area (Å²) in [6.45, 7) is 3.55. The van der Waals surface area contributed by atoms with Gasteiger partial charge in [-0.2, -0.15) is 0 Å². The summed E-state index contributed by atoms with van der Waals surface area (Å²) in [6, 6.07) is 0. The Morgan fingerprint density at radius 3 is 2.40 bits per heavy atom. The average molecular weight is 143 g/mol. The molecule has 0 aromatic carbocycles. The maximum absolute atomic E-state index is 10.7. The number of ether oxygens (including phenoxy) is 1. The molecule has 0 amide bonds. The average Bonchev–Trinajstić information content (AvgIpc) is 2.09. The van der Waals surface area contributed by atoms with E-state index in [-0.39, 0.29) is 17.7 Å². The van der Waals surface area contributed by atoms with Crippen LogP contribution in [0.15, 0.2) is 5.16 Å². The van der Waals surface area contributed by atoms with Crippen LogP contribution in [0.25, 0.3) is 0 Å². The van der Waals surface area contributed by atoms with Crippen molar-refractivity contribution in [2.24, 2.45) is 11.1 Å². The van der Waals surface area contributed by atoms with Crippen LogP contribution in [0.5, 0.6) is 0 Å². The third-order valence-electron chi connectivity index (χ3n) is 1.75. The normalized spacial score (nSPS) is 36.6. The van der Waals surface area contributed by atoms with E-state index in [1.165, 1.54) is 0 Å². The Morgan fingerprint density at radius 2 is 2.20 bits per heavy atom. The topological polar surface area (TPSA) is 58.9 Å². The Hall–Kier alpha value is -1.06. The van der Waals surface area contributed by atoms with Crippen LogP contribution in [-0.4, -0.2) is 23.0 Å². The van der Waals surface area contributed by atoms with Crippen LogP contribution in [0.3, 0.4) is 0 Å². The molecule has 1 rings (SSSR count). The minimum absolute atomic E-state index is 0.0995. The number of hydrogen-bond donors (Lipinski definition) is 1. The van der Waals surface area contributed by atoms with E-state index < -0.39 is 5.97 Å². The van der Waals surface area contributed by atoms with Crippen molar-refractivity contribution in [1.82, 2.24) is 0 Å². The number of cyclic esters (lactones) is 1. The van der Waals surface area contributed by atoms with Crippen LogP contribution in [-0.2, 0) is 9.53 Å². The lowest BCUT2D eigenvalue weighted by Gasteiger charge is -2.03. The predicted molar refractivity (Wildman–Crippen MR) is 33.9 cm³/mol. The van der Waals surface area contributed by atoms with Crippen LogP contribution in [0.4, 0.5) is 0 Å². The molecule has 1 heterocycles. The second-order valence-corrected chi connectivity index (χ2v) is 2.38. The first-order valence-electron chi connectivity index (χ1n) is 3.09. The summed E-state index contributed by atoms with van der Waals surface area (Å²) >= 11 is 0. The van der Waals surface area contributed by atoms with E-state index in [4.69, 9.17) is 9.94 Å². The largest absolute Gasteiger partial charge is 0.457 e. The van der Waals surface area contributed by atoms with Gasteiger partial charge in [-0.05, 0) is 6.92 Å². The fraction of sp³-hybridized carbons (Fsp3) is 0.667. The van der Waals surface area contributed by atoms with E-state index >= 15 is 0 Å². The van der Waals surface area contributed by atoms with Gasteiger partial charge in [0.2, 0.25) is 0 Å². The summed E-state index contributed by atoms with van der Waals surface area (Å²) in [5.74, 6) is -0.611. The third kappa shape index (κ3) is 0.853. The zero-order valence-electron chi connectivity index (χ0n) is 5.87. The zero-order valence-corrected chi connectivity index (χ0v) is 5.87. The molecule has 0 bridgehead atoms. The van der Waals surface area contributed by atoms with Crippen molar-refractivity contribution in [2.45, 2.75) is 20.0 Å². The number of carbonyl (C=O) groups excluding carboxylic acids is 1. The first-order chi connectivity index (χ1) is 4.66. The van der Waals surface area contributed by atoms with E-state index in [0.717, 1.165) is 0 Å². The molecule has 0 aliphatic carbocycles. The van der Waals surface area contributed by atoms with Gasteiger partial charge in [-0.3, -0.25) is 0 Å². The Labute approximate surface area is 58.5 Å². The minimum atomic E-state index is -0.512. The molecular formula is C6H9NO3. The molecule has 2 atom stereocenters. The maximum atomic E-state index is 10.7.